The number of para-hydroxylation sites is 1. The lowest BCUT2D eigenvalue weighted by molar-refractivity contribution is -0.151. The summed E-state index contributed by atoms with van der Waals surface area (Å²) in [6.45, 7) is 3.92. The third-order valence-electron chi connectivity index (χ3n) is 5.80. The molecule has 1 aliphatic rings. The molecule has 0 amide bonds. The van der Waals surface area contributed by atoms with Gasteiger partial charge in [0, 0.05) is 6.07 Å². The Bertz CT molecular complexity index is 1180. The van der Waals surface area contributed by atoms with E-state index in [2.05, 4.69) is 29.2 Å². The molecule has 1 aliphatic carbocycles. The Morgan fingerprint density at radius 3 is 2.41 bits per heavy atom. The van der Waals surface area contributed by atoms with Crippen LogP contribution in [-0.4, -0.2) is 11.0 Å². The van der Waals surface area contributed by atoms with E-state index >= 15 is 0 Å². The average molecular weight is 453 g/mol. The van der Waals surface area contributed by atoms with Gasteiger partial charge in [0.25, 0.3) is 0 Å². The van der Waals surface area contributed by atoms with Gasteiger partial charge in [-0.05, 0) is 54.0 Å². The van der Waals surface area contributed by atoms with E-state index in [1.54, 1.807) is 18.2 Å². The Morgan fingerprint density at radius 1 is 1.03 bits per heavy atom. The molecule has 1 saturated carbocycles. The molecule has 5 nitrogen and oxygen atoms in total. The summed E-state index contributed by atoms with van der Waals surface area (Å²) >= 11 is 0. The molecule has 2 aromatic carbocycles. The van der Waals surface area contributed by atoms with Gasteiger partial charge in [-0.2, -0.15) is 5.26 Å². The normalized spacial score (nSPS) is 15.0. The summed E-state index contributed by atoms with van der Waals surface area (Å²) in [5.41, 5.74) is 2.73. The zero-order valence-corrected chi connectivity index (χ0v) is 19.4. The highest BCUT2D eigenvalue weighted by Gasteiger charge is 2.26. The summed E-state index contributed by atoms with van der Waals surface area (Å²) in [5, 5.41) is 9.69. The van der Waals surface area contributed by atoms with E-state index in [-0.39, 0.29) is 5.92 Å². The van der Waals surface area contributed by atoms with E-state index < -0.39 is 18.0 Å². The maximum Gasteiger partial charge on any atom is 0.314 e. The van der Waals surface area contributed by atoms with Crippen molar-refractivity contribution in [2.24, 2.45) is 11.8 Å². The highest BCUT2D eigenvalue weighted by molar-refractivity contribution is 5.76. The molecule has 0 aliphatic heterocycles. The Kier molecular flexibility index (Phi) is 7.39. The Labute approximate surface area is 200 Å². The molecule has 2 unspecified atom stereocenters. The third-order valence-corrected chi connectivity index (χ3v) is 5.80. The van der Waals surface area contributed by atoms with Crippen molar-refractivity contribution in [2.75, 3.05) is 0 Å². The number of ether oxygens (including phenoxy) is 2. The minimum absolute atomic E-state index is 0.00883. The molecule has 2 atom stereocenters. The van der Waals surface area contributed by atoms with Gasteiger partial charge in [0.15, 0.2) is 0 Å². The second kappa shape index (κ2) is 10.8. The SMILES string of the molecule is CC(C)C(/C=C/c1ccc(C2CC2)cc1)C(=O)OC(C#N)c1cccc(Oc2ccccc2)n1. The Morgan fingerprint density at radius 2 is 1.76 bits per heavy atom. The molecule has 1 fully saturated rings. The van der Waals surface area contributed by atoms with Crippen molar-refractivity contribution in [3.05, 3.63) is 95.7 Å². The molecular weight excluding hydrogens is 424 g/mol. The number of benzene rings is 2. The number of pyridine rings is 1. The number of carbonyl (C=O) groups is 1. The minimum atomic E-state index is -1.13. The number of rotatable bonds is 9. The van der Waals surface area contributed by atoms with Gasteiger partial charge in [-0.25, -0.2) is 4.98 Å². The summed E-state index contributed by atoms with van der Waals surface area (Å²) in [4.78, 5) is 17.4. The van der Waals surface area contributed by atoms with Crippen LogP contribution in [-0.2, 0) is 9.53 Å². The first-order valence-corrected chi connectivity index (χ1v) is 11.6. The number of nitriles is 1. The Hall–Kier alpha value is -3.91. The van der Waals surface area contributed by atoms with Crippen LogP contribution in [0.2, 0.25) is 0 Å². The molecule has 172 valence electrons. The first kappa shape index (κ1) is 23.3. The molecular formula is C29H28N2O3. The van der Waals surface area contributed by atoms with Gasteiger partial charge >= 0.3 is 5.97 Å². The van der Waals surface area contributed by atoms with Gasteiger partial charge in [0.2, 0.25) is 12.0 Å². The number of nitrogens with zero attached hydrogens (tertiary/aromatic N) is 2. The summed E-state index contributed by atoms with van der Waals surface area (Å²) in [7, 11) is 0. The summed E-state index contributed by atoms with van der Waals surface area (Å²) < 4.78 is 11.3. The van der Waals surface area contributed by atoms with E-state index in [4.69, 9.17) is 9.47 Å². The topological polar surface area (TPSA) is 72.2 Å². The molecule has 0 spiro atoms. The zero-order valence-electron chi connectivity index (χ0n) is 19.4. The van der Waals surface area contributed by atoms with Gasteiger partial charge in [0.1, 0.15) is 11.8 Å². The zero-order chi connectivity index (χ0) is 23.9. The van der Waals surface area contributed by atoms with Crippen LogP contribution in [0.15, 0.2) is 78.9 Å². The van der Waals surface area contributed by atoms with Crippen LogP contribution in [0.4, 0.5) is 0 Å². The van der Waals surface area contributed by atoms with Crippen LogP contribution in [0.1, 0.15) is 55.5 Å². The number of aromatic nitrogens is 1. The van der Waals surface area contributed by atoms with E-state index in [1.165, 1.54) is 18.4 Å². The van der Waals surface area contributed by atoms with E-state index in [0.717, 1.165) is 5.56 Å². The smallest absolute Gasteiger partial charge is 0.314 e. The van der Waals surface area contributed by atoms with Crippen molar-refractivity contribution in [3.63, 3.8) is 0 Å². The maximum absolute atomic E-state index is 13.0. The van der Waals surface area contributed by atoms with Gasteiger partial charge in [-0.1, -0.05) is 74.5 Å². The molecule has 1 aromatic heterocycles. The number of hydrogen-bond acceptors (Lipinski definition) is 5. The fourth-order valence-electron chi connectivity index (χ4n) is 3.67. The van der Waals surface area contributed by atoms with Gasteiger partial charge < -0.3 is 9.47 Å². The number of esters is 1. The van der Waals surface area contributed by atoms with E-state index in [9.17, 15) is 10.1 Å². The van der Waals surface area contributed by atoms with Crippen LogP contribution < -0.4 is 4.74 Å². The van der Waals surface area contributed by atoms with Gasteiger partial charge in [-0.15, -0.1) is 0 Å². The van der Waals surface area contributed by atoms with Crippen LogP contribution in [0, 0.1) is 23.2 Å². The minimum Gasteiger partial charge on any atom is -0.440 e. The fraction of sp³-hybridized carbons (Fsp3) is 0.276. The fourth-order valence-corrected chi connectivity index (χ4v) is 3.67. The third kappa shape index (κ3) is 6.11. The maximum atomic E-state index is 13.0. The highest BCUT2D eigenvalue weighted by Crippen LogP contribution is 2.40. The first-order chi connectivity index (χ1) is 16.5. The molecule has 5 heteroatoms. The Balaban J connectivity index is 1.44. The predicted molar refractivity (Wildman–Crippen MR) is 131 cm³/mol. The van der Waals surface area contributed by atoms with E-state index in [1.807, 2.05) is 62.4 Å². The largest absolute Gasteiger partial charge is 0.440 e. The van der Waals surface area contributed by atoms with Crippen LogP contribution in [0.25, 0.3) is 6.08 Å². The van der Waals surface area contributed by atoms with Crippen molar-refractivity contribution in [3.8, 4) is 17.7 Å². The first-order valence-electron chi connectivity index (χ1n) is 11.6. The van der Waals surface area contributed by atoms with Gasteiger partial charge in [0.05, 0.1) is 11.6 Å². The van der Waals surface area contributed by atoms with Crippen molar-refractivity contribution in [2.45, 2.75) is 38.7 Å². The molecule has 4 rings (SSSR count). The number of hydrogen-bond donors (Lipinski definition) is 0. The molecule has 34 heavy (non-hydrogen) atoms. The highest BCUT2D eigenvalue weighted by atomic mass is 16.5. The molecule has 0 N–H and O–H groups in total. The second-order valence-electron chi connectivity index (χ2n) is 8.83. The lowest BCUT2D eigenvalue weighted by Gasteiger charge is -2.18. The van der Waals surface area contributed by atoms with Gasteiger partial charge in [-0.3, -0.25) is 4.79 Å². The monoisotopic (exact) mass is 452 g/mol. The predicted octanol–water partition coefficient (Wildman–Crippen LogP) is 6.84. The van der Waals surface area contributed by atoms with Crippen molar-refractivity contribution >= 4 is 12.0 Å². The van der Waals surface area contributed by atoms with Crippen molar-refractivity contribution in [1.29, 1.82) is 5.26 Å². The van der Waals surface area contributed by atoms with Crippen LogP contribution in [0.3, 0.4) is 0 Å². The molecule has 0 saturated heterocycles. The quantitative estimate of drug-likeness (QED) is 0.332. The van der Waals surface area contributed by atoms with Crippen LogP contribution in [0.5, 0.6) is 11.6 Å². The summed E-state index contributed by atoms with van der Waals surface area (Å²) in [6, 6.07) is 24.8. The second-order valence-corrected chi connectivity index (χ2v) is 8.83. The molecule has 0 bridgehead atoms. The average Bonchev–Trinajstić information content (AvgIpc) is 3.69. The van der Waals surface area contributed by atoms with Crippen molar-refractivity contribution in [1.82, 2.24) is 4.98 Å². The van der Waals surface area contributed by atoms with E-state index in [0.29, 0.717) is 23.2 Å². The summed E-state index contributed by atoms with van der Waals surface area (Å²) in [5.74, 6) is 0.744. The molecule has 1 heterocycles. The molecule has 3 aromatic rings. The molecule has 0 radical (unpaired) electrons. The lowest BCUT2D eigenvalue weighted by Crippen LogP contribution is -2.23. The lowest BCUT2D eigenvalue weighted by atomic mass is 9.94. The standard InChI is InChI=1S/C29H28N2O3/c1-20(2)25(18-13-21-11-14-22(15-12-21)23-16-17-23)29(32)34-27(19-30)26-9-6-10-28(31-26)33-24-7-4-3-5-8-24/h3-15,18,20,23,25,27H,16-17H2,1-2H3/b18-13+. The number of carbonyl (C=O) groups excluding carboxylic acids is 1. The summed E-state index contributed by atoms with van der Waals surface area (Å²) in [6.07, 6.45) is 5.21. The van der Waals surface area contributed by atoms with Crippen molar-refractivity contribution < 1.29 is 14.3 Å². The van der Waals surface area contributed by atoms with Crippen LogP contribution >= 0.6 is 0 Å².